The minimum atomic E-state index is -6.22. The van der Waals surface area contributed by atoms with E-state index in [1.54, 1.807) is 6.07 Å². The Kier molecular flexibility index (Phi) is 5.21. The van der Waals surface area contributed by atoms with E-state index in [1.807, 2.05) is 0 Å². The number of aryl methyl sites for hydroxylation is 2. The Morgan fingerprint density at radius 3 is 1.86 bits per heavy atom. The normalized spacial score (nSPS) is 15.4. The molecule has 1 aliphatic rings. The van der Waals surface area contributed by atoms with Crippen molar-refractivity contribution in [2.75, 3.05) is 0 Å². The van der Waals surface area contributed by atoms with Gasteiger partial charge in [-0.3, -0.25) is 0 Å². The maximum Gasteiger partial charge on any atom is 0.435 e. The number of alkyl halides is 7. The van der Waals surface area contributed by atoms with E-state index in [9.17, 15) is 39.2 Å². The van der Waals surface area contributed by atoms with Gasteiger partial charge in [0.2, 0.25) is 0 Å². The van der Waals surface area contributed by atoms with Crippen LogP contribution in [0.5, 0.6) is 0 Å². The highest BCUT2D eigenvalue weighted by atomic mass is 32.2. The van der Waals surface area contributed by atoms with Crippen LogP contribution in [0.15, 0.2) is 47.4 Å². The molecule has 0 aromatic heterocycles. The van der Waals surface area contributed by atoms with Gasteiger partial charge >= 0.3 is 18.0 Å². The lowest BCUT2D eigenvalue weighted by molar-refractivity contribution is -0.348. The third-order valence-electron chi connectivity index (χ3n) is 4.92. The number of rotatable bonds is 4. The lowest BCUT2D eigenvalue weighted by Gasteiger charge is -2.30. The molecule has 0 atom stereocenters. The molecule has 0 saturated heterocycles. The Hall–Kier alpha value is -2.10. The smallest absolute Gasteiger partial charge is 0.223 e. The summed E-state index contributed by atoms with van der Waals surface area (Å²) in [6, 6.07) is 6.79. The third-order valence-corrected chi connectivity index (χ3v) is 6.60. The molecule has 0 radical (unpaired) electrons. The molecule has 0 fully saturated rings. The van der Waals surface area contributed by atoms with Crippen LogP contribution in [0.25, 0.3) is 0 Å². The van der Waals surface area contributed by atoms with Crippen molar-refractivity contribution in [3.05, 3.63) is 64.7 Å². The Labute approximate surface area is 162 Å². The van der Waals surface area contributed by atoms with E-state index in [0.29, 0.717) is 12.1 Å². The summed E-state index contributed by atoms with van der Waals surface area (Å²) in [5.41, 5.74) is -5.31. The van der Waals surface area contributed by atoms with Crippen LogP contribution < -0.4 is 0 Å². The Bertz CT molecular complexity index is 992. The van der Waals surface area contributed by atoms with Gasteiger partial charge in [-0.2, -0.15) is 26.3 Å². The highest BCUT2D eigenvalue weighted by Gasteiger charge is 2.73. The molecular formula is C19H15F7O2S. The van der Waals surface area contributed by atoms with Gasteiger partial charge in [0.05, 0.1) is 10.6 Å². The Balaban J connectivity index is 1.89. The molecule has 158 valence electrons. The molecule has 0 heterocycles. The molecule has 2 nitrogen and oxygen atoms in total. The fourth-order valence-corrected chi connectivity index (χ4v) is 4.76. The van der Waals surface area contributed by atoms with Gasteiger partial charge < -0.3 is 0 Å². The van der Waals surface area contributed by atoms with Crippen LogP contribution in [-0.4, -0.2) is 20.8 Å². The quantitative estimate of drug-likeness (QED) is 0.594. The molecule has 3 rings (SSSR count). The van der Waals surface area contributed by atoms with Gasteiger partial charge in [0.1, 0.15) is 0 Å². The number of sulfone groups is 1. The number of halogens is 7. The standard InChI is InChI=1S/C19H15F7O2S/c20-17(18(21,22)23,19(24,25)26)15-7-4-12(5-8-15)11-29(27,28)16-9-6-13-2-1-3-14(13)10-16/h4-10H,1-3,11H2. The molecular weight excluding hydrogens is 425 g/mol. The van der Waals surface area contributed by atoms with Gasteiger partial charge in [0.15, 0.2) is 9.84 Å². The summed E-state index contributed by atoms with van der Waals surface area (Å²) < 4.78 is 116. The van der Waals surface area contributed by atoms with Crippen LogP contribution in [0.4, 0.5) is 30.7 Å². The molecule has 1 aliphatic carbocycles. The molecule has 10 heteroatoms. The first-order valence-corrected chi connectivity index (χ1v) is 10.2. The molecule has 0 N–H and O–H groups in total. The molecule has 0 bridgehead atoms. The van der Waals surface area contributed by atoms with Crippen LogP contribution >= 0.6 is 0 Å². The van der Waals surface area contributed by atoms with Crippen molar-refractivity contribution in [2.24, 2.45) is 0 Å². The van der Waals surface area contributed by atoms with E-state index in [-0.39, 0.29) is 10.5 Å². The predicted molar refractivity (Wildman–Crippen MR) is 90.7 cm³/mol. The van der Waals surface area contributed by atoms with Gasteiger partial charge in [0.25, 0.3) is 0 Å². The molecule has 0 unspecified atom stereocenters. The average molecular weight is 440 g/mol. The van der Waals surface area contributed by atoms with E-state index >= 15 is 0 Å². The van der Waals surface area contributed by atoms with Gasteiger partial charge in [-0.15, -0.1) is 0 Å². The summed E-state index contributed by atoms with van der Waals surface area (Å²) in [7, 11) is -3.88. The van der Waals surface area contributed by atoms with Crippen LogP contribution in [0.3, 0.4) is 0 Å². The predicted octanol–water partition coefficient (Wildman–Crippen LogP) is 5.44. The third kappa shape index (κ3) is 3.86. The van der Waals surface area contributed by atoms with Crippen molar-refractivity contribution < 1.29 is 39.2 Å². The van der Waals surface area contributed by atoms with Gasteiger partial charge in [-0.25, -0.2) is 12.8 Å². The number of hydrogen-bond donors (Lipinski definition) is 0. The zero-order valence-corrected chi connectivity index (χ0v) is 15.6. The summed E-state index contributed by atoms with van der Waals surface area (Å²) in [5.74, 6) is -0.636. The van der Waals surface area contributed by atoms with Crippen molar-refractivity contribution in [1.82, 2.24) is 0 Å². The van der Waals surface area contributed by atoms with Gasteiger partial charge in [-0.05, 0) is 48.1 Å². The summed E-state index contributed by atoms with van der Waals surface area (Å²) in [6.07, 6.45) is -9.95. The zero-order chi connectivity index (χ0) is 21.7. The molecule has 0 aliphatic heterocycles. The topological polar surface area (TPSA) is 34.1 Å². The van der Waals surface area contributed by atoms with E-state index in [2.05, 4.69) is 0 Å². The first kappa shape index (κ1) is 21.6. The summed E-state index contributed by atoms with van der Waals surface area (Å²) in [4.78, 5) is 0.0210. The molecule has 0 saturated carbocycles. The Morgan fingerprint density at radius 1 is 0.759 bits per heavy atom. The Morgan fingerprint density at radius 2 is 1.31 bits per heavy atom. The van der Waals surface area contributed by atoms with Crippen molar-refractivity contribution >= 4 is 9.84 Å². The molecule has 0 spiro atoms. The fraction of sp³-hybridized carbons (Fsp3) is 0.368. The molecule has 29 heavy (non-hydrogen) atoms. The number of fused-ring (bicyclic) bond motifs is 1. The van der Waals surface area contributed by atoms with Crippen LogP contribution in [-0.2, 0) is 34.1 Å². The average Bonchev–Trinajstić information content (AvgIpc) is 3.07. The van der Waals surface area contributed by atoms with Crippen LogP contribution in [0.1, 0.15) is 28.7 Å². The highest BCUT2D eigenvalue weighted by molar-refractivity contribution is 7.90. The maximum atomic E-state index is 14.0. The fourth-order valence-electron chi connectivity index (χ4n) is 3.36. The summed E-state index contributed by atoms with van der Waals surface area (Å²) in [5, 5.41) is 0. The monoisotopic (exact) mass is 440 g/mol. The first-order valence-electron chi connectivity index (χ1n) is 8.52. The summed E-state index contributed by atoms with van der Waals surface area (Å²) >= 11 is 0. The molecule has 2 aromatic rings. The first-order chi connectivity index (χ1) is 13.3. The number of benzene rings is 2. The van der Waals surface area contributed by atoms with Gasteiger partial charge in [0, 0.05) is 5.56 Å². The lowest BCUT2D eigenvalue weighted by Crippen LogP contribution is -2.50. The minimum absolute atomic E-state index is 0.0210. The van der Waals surface area contributed by atoms with E-state index in [4.69, 9.17) is 0 Å². The second-order valence-electron chi connectivity index (χ2n) is 6.89. The van der Waals surface area contributed by atoms with E-state index in [1.165, 1.54) is 12.1 Å². The van der Waals surface area contributed by atoms with Crippen LogP contribution in [0.2, 0.25) is 0 Å². The summed E-state index contributed by atoms with van der Waals surface area (Å²) in [6.45, 7) is 0. The highest BCUT2D eigenvalue weighted by Crippen LogP contribution is 2.53. The zero-order valence-electron chi connectivity index (χ0n) is 14.7. The van der Waals surface area contributed by atoms with Crippen LogP contribution in [0, 0.1) is 0 Å². The lowest BCUT2D eigenvalue weighted by atomic mass is 9.93. The van der Waals surface area contributed by atoms with E-state index < -0.39 is 39.2 Å². The minimum Gasteiger partial charge on any atom is -0.223 e. The molecule has 2 aromatic carbocycles. The molecule has 0 amide bonds. The van der Waals surface area contributed by atoms with Crippen molar-refractivity contribution in [3.8, 4) is 0 Å². The number of hydrogen-bond acceptors (Lipinski definition) is 2. The van der Waals surface area contributed by atoms with Crippen molar-refractivity contribution in [3.63, 3.8) is 0 Å². The second kappa shape index (κ2) is 7.00. The van der Waals surface area contributed by atoms with E-state index in [0.717, 1.165) is 42.5 Å². The van der Waals surface area contributed by atoms with Crippen molar-refractivity contribution in [1.29, 1.82) is 0 Å². The second-order valence-corrected chi connectivity index (χ2v) is 8.88. The SMILES string of the molecule is O=S(=O)(Cc1ccc(C(F)(C(F)(F)F)C(F)(F)F)cc1)c1ccc2c(c1)CCC2. The maximum absolute atomic E-state index is 14.0. The van der Waals surface area contributed by atoms with Gasteiger partial charge in [-0.1, -0.05) is 30.3 Å². The van der Waals surface area contributed by atoms with Crippen molar-refractivity contribution in [2.45, 2.75) is 47.9 Å². The largest absolute Gasteiger partial charge is 0.435 e.